The van der Waals surface area contributed by atoms with E-state index in [1.54, 1.807) is 0 Å². The number of aliphatic carboxylic acids is 1. The van der Waals surface area contributed by atoms with Crippen molar-refractivity contribution in [3.63, 3.8) is 0 Å². The van der Waals surface area contributed by atoms with E-state index in [4.69, 9.17) is 22.9 Å². The fourth-order valence-electron chi connectivity index (χ4n) is 3.03. The largest absolute Gasteiger partial charge is 0.480 e. The molecule has 37 heavy (non-hydrogen) atoms. The predicted molar refractivity (Wildman–Crippen MR) is 146 cm³/mol. The zero-order chi connectivity index (χ0) is 28.4. The lowest BCUT2D eigenvalue weighted by Gasteiger charge is -2.25. The zero-order valence-corrected chi connectivity index (χ0v) is 22.9. The quantitative estimate of drug-likeness (QED) is 0.0442. The summed E-state index contributed by atoms with van der Waals surface area (Å²) in [6.07, 6.45) is 4.51. The second kappa shape index (κ2) is 19.4. The number of primary amides is 1. The number of carboxylic acids is 1. The van der Waals surface area contributed by atoms with Crippen molar-refractivity contribution in [3.8, 4) is 0 Å². The number of guanidine groups is 1. The molecule has 14 nitrogen and oxygen atoms in total. The number of hydrogen-bond acceptors (Lipinski definition) is 9. The molecule has 0 saturated carbocycles. The highest BCUT2D eigenvalue weighted by Crippen LogP contribution is 2.07. The van der Waals surface area contributed by atoms with Crippen LogP contribution in [0.25, 0.3) is 0 Å². The Hall–Kier alpha value is -2.72. The van der Waals surface area contributed by atoms with E-state index < -0.39 is 53.8 Å². The number of carbonyl (C=O) groups is 5. The molecule has 0 heterocycles. The molecule has 0 rings (SSSR count). The van der Waals surface area contributed by atoms with Crippen molar-refractivity contribution in [3.05, 3.63) is 0 Å². The van der Waals surface area contributed by atoms with Crippen molar-refractivity contribution < 1.29 is 29.1 Å². The number of carboxylic acid groups (broad SMARTS) is 1. The van der Waals surface area contributed by atoms with Gasteiger partial charge in [-0.3, -0.25) is 24.2 Å². The van der Waals surface area contributed by atoms with Gasteiger partial charge in [0.1, 0.15) is 18.1 Å². The smallest absolute Gasteiger partial charge is 0.326 e. The second-order valence-electron chi connectivity index (χ2n) is 8.15. The normalized spacial score (nSPS) is 13.9. The summed E-state index contributed by atoms with van der Waals surface area (Å²) < 4.78 is 0. The maximum Gasteiger partial charge on any atom is 0.326 e. The Morgan fingerprint density at radius 2 is 1.27 bits per heavy atom. The lowest BCUT2D eigenvalue weighted by atomic mass is 10.1. The van der Waals surface area contributed by atoms with Crippen LogP contribution in [0.5, 0.6) is 0 Å². The van der Waals surface area contributed by atoms with E-state index in [1.807, 2.05) is 12.5 Å². The summed E-state index contributed by atoms with van der Waals surface area (Å²) in [5, 5.41) is 17.0. The van der Waals surface area contributed by atoms with Gasteiger partial charge in [0.25, 0.3) is 0 Å². The molecule has 0 saturated heterocycles. The molecular formula is C21H40N8O6S2. The fourth-order valence-corrected chi connectivity index (χ4v) is 3.97. The molecule has 4 atom stereocenters. The summed E-state index contributed by atoms with van der Waals surface area (Å²) in [6, 6.07) is -4.26. The van der Waals surface area contributed by atoms with Crippen molar-refractivity contribution >= 4 is 59.1 Å². The number of amides is 4. The van der Waals surface area contributed by atoms with Gasteiger partial charge in [-0.25, -0.2) is 4.79 Å². The molecule has 16 heteroatoms. The van der Waals surface area contributed by atoms with Crippen LogP contribution in [-0.4, -0.2) is 95.4 Å². The maximum atomic E-state index is 13.1. The molecule has 0 fully saturated rings. The molecule has 12 N–H and O–H groups in total. The summed E-state index contributed by atoms with van der Waals surface area (Å²) in [5.41, 5.74) is 21.6. The second-order valence-corrected chi connectivity index (χ2v) is 10.1. The number of hydrogen-bond donors (Lipinski definition) is 8. The molecule has 0 bridgehead atoms. The standard InChI is InChI=1S/C21H40N8O6S2/c1-36-10-7-13(27-17(31)12(22)4-3-9-26-21(24)25)18(32)28-14(8-11-37-2)19(33)29-15(20(34)35)5-6-16(23)30/h12-15H,3-11,22H2,1-2H3,(H2,23,30)(H,27,31)(H,28,32)(H,29,33)(H,34,35)(H4,24,25,26). The van der Waals surface area contributed by atoms with Crippen molar-refractivity contribution in [2.24, 2.45) is 27.9 Å². The average Bonchev–Trinajstić information content (AvgIpc) is 2.83. The number of nitrogens with zero attached hydrogens (tertiary/aromatic N) is 1. The van der Waals surface area contributed by atoms with E-state index >= 15 is 0 Å². The van der Waals surface area contributed by atoms with Gasteiger partial charge in [0, 0.05) is 13.0 Å². The molecule has 4 amide bonds. The summed E-state index contributed by atoms with van der Waals surface area (Å²) in [6.45, 7) is 0.308. The van der Waals surface area contributed by atoms with Gasteiger partial charge in [-0.2, -0.15) is 23.5 Å². The number of aliphatic imine (C=N–C) groups is 1. The topological polar surface area (TPSA) is 258 Å². The highest BCUT2D eigenvalue weighted by molar-refractivity contribution is 7.98. The van der Waals surface area contributed by atoms with E-state index in [2.05, 4.69) is 20.9 Å². The monoisotopic (exact) mass is 564 g/mol. The van der Waals surface area contributed by atoms with Crippen LogP contribution >= 0.6 is 23.5 Å². The Morgan fingerprint density at radius 1 is 0.784 bits per heavy atom. The Labute approximate surface area is 225 Å². The first-order chi connectivity index (χ1) is 17.4. The van der Waals surface area contributed by atoms with Crippen LogP contribution in [-0.2, 0) is 24.0 Å². The van der Waals surface area contributed by atoms with Crippen LogP contribution < -0.4 is 38.9 Å². The minimum Gasteiger partial charge on any atom is -0.480 e. The number of carbonyl (C=O) groups excluding carboxylic acids is 4. The summed E-state index contributed by atoms with van der Waals surface area (Å²) >= 11 is 2.91. The summed E-state index contributed by atoms with van der Waals surface area (Å²) in [5.74, 6) is -2.89. The summed E-state index contributed by atoms with van der Waals surface area (Å²) in [7, 11) is 0. The van der Waals surface area contributed by atoms with Gasteiger partial charge in [-0.05, 0) is 56.1 Å². The minimum atomic E-state index is -1.35. The van der Waals surface area contributed by atoms with Crippen LogP contribution in [0, 0.1) is 0 Å². The number of rotatable bonds is 20. The first kappa shape index (κ1) is 34.3. The highest BCUT2D eigenvalue weighted by Gasteiger charge is 2.30. The molecule has 0 aromatic rings. The average molecular weight is 565 g/mol. The number of nitrogens with two attached hydrogens (primary N) is 4. The van der Waals surface area contributed by atoms with Crippen LogP contribution in [0.4, 0.5) is 0 Å². The van der Waals surface area contributed by atoms with Gasteiger partial charge < -0.3 is 44.0 Å². The van der Waals surface area contributed by atoms with Crippen LogP contribution in [0.15, 0.2) is 4.99 Å². The van der Waals surface area contributed by atoms with Gasteiger partial charge in [0.15, 0.2) is 5.96 Å². The Kier molecular flexibility index (Phi) is 18.0. The van der Waals surface area contributed by atoms with E-state index in [1.165, 1.54) is 23.5 Å². The van der Waals surface area contributed by atoms with Gasteiger partial charge in [0.2, 0.25) is 23.6 Å². The number of thioether (sulfide) groups is 2. The van der Waals surface area contributed by atoms with Gasteiger partial charge >= 0.3 is 5.97 Å². The highest BCUT2D eigenvalue weighted by atomic mass is 32.2. The van der Waals surface area contributed by atoms with E-state index in [9.17, 15) is 29.1 Å². The molecule has 0 aliphatic heterocycles. The van der Waals surface area contributed by atoms with Crippen molar-refractivity contribution in [1.82, 2.24) is 16.0 Å². The first-order valence-corrected chi connectivity index (χ1v) is 14.4. The lowest BCUT2D eigenvalue weighted by molar-refractivity contribution is -0.142. The van der Waals surface area contributed by atoms with Crippen molar-refractivity contribution in [1.29, 1.82) is 0 Å². The fraction of sp³-hybridized carbons (Fsp3) is 0.714. The molecule has 0 aliphatic carbocycles. The maximum absolute atomic E-state index is 13.1. The third-order valence-electron chi connectivity index (χ3n) is 5.09. The third-order valence-corrected chi connectivity index (χ3v) is 6.37. The van der Waals surface area contributed by atoms with Crippen molar-refractivity contribution in [2.45, 2.75) is 62.7 Å². The SMILES string of the molecule is CSCCC(NC(=O)C(N)CCCN=C(N)N)C(=O)NC(CCSC)C(=O)NC(CCC(N)=O)C(=O)O. The first-order valence-electron chi connectivity index (χ1n) is 11.6. The van der Waals surface area contributed by atoms with E-state index in [-0.39, 0.29) is 31.6 Å². The third kappa shape index (κ3) is 15.9. The number of nitrogens with one attached hydrogen (secondary N) is 3. The summed E-state index contributed by atoms with van der Waals surface area (Å²) in [4.78, 5) is 64.9. The van der Waals surface area contributed by atoms with Crippen LogP contribution in [0.1, 0.15) is 38.5 Å². The van der Waals surface area contributed by atoms with Crippen LogP contribution in [0.3, 0.4) is 0 Å². The lowest BCUT2D eigenvalue weighted by Crippen LogP contribution is -2.57. The van der Waals surface area contributed by atoms with Gasteiger partial charge in [-0.15, -0.1) is 0 Å². The zero-order valence-electron chi connectivity index (χ0n) is 21.2. The van der Waals surface area contributed by atoms with Gasteiger partial charge in [-0.1, -0.05) is 0 Å². The molecule has 212 valence electrons. The Balaban J connectivity index is 5.35. The molecule has 0 aliphatic rings. The molecule has 0 aromatic carbocycles. The molecule has 4 unspecified atom stereocenters. The van der Waals surface area contributed by atoms with E-state index in [0.29, 0.717) is 30.9 Å². The molecule has 0 radical (unpaired) electrons. The van der Waals surface area contributed by atoms with E-state index in [0.717, 1.165) is 0 Å². The van der Waals surface area contributed by atoms with Crippen molar-refractivity contribution in [2.75, 3.05) is 30.6 Å². The Morgan fingerprint density at radius 3 is 1.70 bits per heavy atom. The molecular weight excluding hydrogens is 524 g/mol. The molecule has 0 spiro atoms. The molecule has 0 aromatic heterocycles. The minimum absolute atomic E-state index is 0.0607. The van der Waals surface area contributed by atoms with Gasteiger partial charge in [0.05, 0.1) is 6.04 Å². The van der Waals surface area contributed by atoms with Crippen LogP contribution in [0.2, 0.25) is 0 Å². The Bertz CT molecular complexity index is 797. The predicted octanol–water partition coefficient (Wildman–Crippen LogP) is -2.32.